The fourth-order valence-corrected chi connectivity index (χ4v) is 3.02. The van der Waals surface area contributed by atoms with Crippen molar-refractivity contribution in [3.05, 3.63) is 59.7 Å². The fourth-order valence-electron chi connectivity index (χ4n) is 3.02. The van der Waals surface area contributed by atoms with Gasteiger partial charge in [-0.2, -0.15) is 0 Å². The molecule has 2 N–H and O–H groups in total. The van der Waals surface area contributed by atoms with Gasteiger partial charge in [-0.25, -0.2) is 0 Å². The van der Waals surface area contributed by atoms with Gasteiger partial charge in [0.15, 0.2) is 6.10 Å². The van der Waals surface area contributed by atoms with Gasteiger partial charge >= 0.3 is 0 Å². The average molecular weight is 365 g/mol. The summed E-state index contributed by atoms with van der Waals surface area (Å²) < 4.78 is 5.58. The van der Waals surface area contributed by atoms with E-state index in [-0.39, 0.29) is 23.6 Å². The van der Waals surface area contributed by atoms with Crippen LogP contribution in [0.15, 0.2) is 48.5 Å². The molecule has 8 heteroatoms. The average Bonchev–Trinajstić information content (AvgIpc) is 2.91. The van der Waals surface area contributed by atoms with E-state index in [1.165, 1.54) is 0 Å². The van der Waals surface area contributed by atoms with Crippen molar-refractivity contribution in [1.82, 2.24) is 10.2 Å². The number of nitrogens with one attached hydrogen (secondary N) is 2. The Balaban J connectivity index is 1.37. The predicted molar refractivity (Wildman–Crippen MR) is 94.3 cm³/mol. The second kappa shape index (κ2) is 6.56. The van der Waals surface area contributed by atoms with Gasteiger partial charge in [0.05, 0.1) is 23.4 Å². The normalized spacial score (nSPS) is 17.7. The van der Waals surface area contributed by atoms with Gasteiger partial charge in [0.2, 0.25) is 5.91 Å². The van der Waals surface area contributed by atoms with Crippen LogP contribution in [0.25, 0.3) is 0 Å². The zero-order valence-corrected chi connectivity index (χ0v) is 14.1. The van der Waals surface area contributed by atoms with Crippen LogP contribution in [0.2, 0.25) is 0 Å². The molecule has 0 aliphatic carbocycles. The lowest BCUT2D eigenvalue weighted by molar-refractivity contribution is -0.125. The molecule has 4 amide bonds. The van der Waals surface area contributed by atoms with E-state index in [9.17, 15) is 19.2 Å². The Bertz CT molecular complexity index is 936. The van der Waals surface area contributed by atoms with Crippen LogP contribution in [-0.2, 0) is 9.59 Å². The number of nitrogens with zero attached hydrogens (tertiary/aromatic N) is 1. The van der Waals surface area contributed by atoms with E-state index in [1.807, 2.05) is 0 Å². The van der Waals surface area contributed by atoms with Crippen LogP contribution in [0.4, 0.5) is 5.69 Å². The molecule has 0 radical (unpaired) electrons. The lowest BCUT2D eigenvalue weighted by Crippen LogP contribution is -2.48. The summed E-state index contributed by atoms with van der Waals surface area (Å²) in [6, 6.07) is 13.4. The molecule has 2 heterocycles. The maximum Gasteiger partial charge on any atom is 0.267 e. The molecule has 1 unspecified atom stereocenters. The number of carbonyl (C=O) groups is 4. The lowest BCUT2D eigenvalue weighted by atomic mass is 10.1. The molecule has 0 bridgehead atoms. The summed E-state index contributed by atoms with van der Waals surface area (Å²) in [6.07, 6.45) is -0.897. The Hall–Kier alpha value is -3.68. The highest BCUT2D eigenvalue weighted by Crippen LogP contribution is 2.28. The number of fused-ring (bicyclic) bond motifs is 2. The van der Waals surface area contributed by atoms with Crippen LogP contribution in [0.3, 0.4) is 0 Å². The molecule has 0 saturated heterocycles. The lowest BCUT2D eigenvalue weighted by Gasteiger charge is -2.26. The first kappa shape index (κ1) is 16.8. The molecular weight excluding hydrogens is 350 g/mol. The number of carbonyl (C=O) groups excluding carboxylic acids is 4. The minimum atomic E-state index is -0.897. The predicted octanol–water partition coefficient (Wildman–Crippen LogP) is 0.798. The summed E-state index contributed by atoms with van der Waals surface area (Å²) >= 11 is 0. The van der Waals surface area contributed by atoms with Crippen LogP contribution in [-0.4, -0.2) is 47.7 Å². The Morgan fingerprint density at radius 3 is 2.33 bits per heavy atom. The molecule has 27 heavy (non-hydrogen) atoms. The number of amides is 4. The van der Waals surface area contributed by atoms with Gasteiger partial charge < -0.3 is 15.4 Å². The molecule has 0 spiro atoms. The Kier molecular flexibility index (Phi) is 4.08. The number of imide groups is 1. The van der Waals surface area contributed by atoms with Crippen LogP contribution in [0.1, 0.15) is 20.7 Å². The van der Waals surface area contributed by atoms with Crippen molar-refractivity contribution >= 4 is 29.3 Å². The van der Waals surface area contributed by atoms with Crippen molar-refractivity contribution in [2.75, 3.05) is 18.4 Å². The highest BCUT2D eigenvalue weighted by Gasteiger charge is 2.36. The van der Waals surface area contributed by atoms with E-state index in [1.54, 1.807) is 48.5 Å². The first-order valence-corrected chi connectivity index (χ1v) is 8.33. The topological polar surface area (TPSA) is 105 Å². The van der Waals surface area contributed by atoms with Crippen molar-refractivity contribution < 1.29 is 23.9 Å². The molecular formula is C19H15N3O5. The van der Waals surface area contributed by atoms with E-state index in [4.69, 9.17) is 4.74 Å². The standard InChI is InChI=1S/C19H15N3O5/c23-16(10-22-18(25)11-5-1-2-6-12(11)19(22)26)20-9-15-17(24)21-13-7-3-4-8-14(13)27-15/h1-8,15H,9-10H2,(H,20,23)(H,21,24). The zero-order valence-electron chi connectivity index (χ0n) is 14.1. The zero-order chi connectivity index (χ0) is 19.0. The number of hydrogen-bond acceptors (Lipinski definition) is 5. The van der Waals surface area contributed by atoms with Crippen LogP contribution < -0.4 is 15.4 Å². The summed E-state index contributed by atoms with van der Waals surface area (Å²) in [5, 5.41) is 5.24. The van der Waals surface area contributed by atoms with Gasteiger partial charge in [-0.15, -0.1) is 0 Å². The molecule has 2 aromatic carbocycles. The third-order valence-corrected chi connectivity index (χ3v) is 4.37. The van der Waals surface area contributed by atoms with Crippen molar-refractivity contribution in [3.8, 4) is 5.75 Å². The van der Waals surface area contributed by atoms with Gasteiger partial charge in [-0.3, -0.25) is 24.1 Å². The summed E-state index contributed by atoms with van der Waals surface area (Å²) in [5.41, 5.74) is 1.12. The third kappa shape index (κ3) is 3.01. The number of benzene rings is 2. The quantitative estimate of drug-likeness (QED) is 0.780. The molecule has 2 aliphatic rings. The molecule has 136 valence electrons. The van der Waals surface area contributed by atoms with Crippen molar-refractivity contribution in [3.63, 3.8) is 0 Å². The van der Waals surface area contributed by atoms with Gasteiger partial charge in [-0.1, -0.05) is 24.3 Å². The molecule has 2 aliphatic heterocycles. The second-order valence-corrected chi connectivity index (χ2v) is 6.14. The summed E-state index contributed by atoms with van der Waals surface area (Å²) in [5.74, 6) is -1.44. The Morgan fingerprint density at radius 2 is 1.63 bits per heavy atom. The summed E-state index contributed by atoms with van der Waals surface area (Å²) in [6.45, 7) is -0.501. The van der Waals surface area contributed by atoms with Crippen LogP contribution in [0, 0.1) is 0 Å². The van der Waals surface area contributed by atoms with Gasteiger partial charge in [0.1, 0.15) is 12.3 Å². The van der Waals surface area contributed by atoms with Crippen LogP contribution in [0.5, 0.6) is 5.75 Å². The van der Waals surface area contributed by atoms with E-state index < -0.39 is 30.4 Å². The minimum absolute atomic E-state index is 0.0812. The largest absolute Gasteiger partial charge is 0.477 e. The molecule has 1 atom stereocenters. The number of ether oxygens (including phenoxy) is 1. The van der Waals surface area contributed by atoms with Gasteiger partial charge in [0, 0.05) is 0 Å². The smallest absolute Gasteiger partial charge is 0.267 e. The fraction of sp³-hybridized carbons (Fsp3) is 0.158. The molecule has 8 nitrogen and oxygen atoms in total. The third-order valence-electron chi connectivity index (χ3n) is 4.37. The first-order valence-electron chi connectivity index (χ1n) is 8.33. The molecule has 0 fully saturated rings. The van der Waals surface area contributed by atoms with E-state index >= 15 is 0 Å². The molecule has 4 rings (SSSR count). The number of hydrogen-bond donors (Lipinski definition) is 2. The Labute approximate surface area is 154 Å². The summed E-state index contributed by atoms with van der Waals surface area (Å²) in [4.78, 5) is 49.7. The monoisotopic (exact) mass is 365 g/mol. The summed E-state index contributed by atoms with van der Waals surface area (Å²) in [7, 11) is 0. The highest BCUT2D eigenvalue weighted by atomic mass is 16.5. The number of anilines is 1. The van der Waals surface area contributed by atoms with Gasteiger partial charge in [0.25, 0.3) is 17.7 Å². The van der Waals surface area contributed by atoms with Crippen molar-refractivity contribution in [1.29, 1.82) is 0 Å². The number of rotatable bonds is 4. The SMILES string of the molecule is O=C(CN1C(=O)c2ccccc2C1=O)NCC1Oc2ccccc2NC1=O. The maximum atomic E-state index is 12.3. The van der Waals surface area contributed by atoms with E-state index in [0.717, 1.165) is 4.90 Å². The van der Waals surface area contributed by atoms with E-state index in [2.05, 4.69) is 10.6 Å². The minimum Gasteiger partial charge on any atom is -0.477 e. The second-order valence-electron chi connectivity index (χ2n) is 6.14. The maximum absolute atomic E-state index is 12.3. The van der Waals surface area contributed by atoms with E-state index in [0.29, 0.717) is 11.4 Å². The Morgan fingerprint density at radius 1 is 1.00 bits per heavy atom. The molecule has 0 aromatic heterocycles. The highest BCUT2D eigenvalue weighted by molar-refractivity contribution is 6.22. The van der Waals surface area contributed by atoms with Crippen LogP contribution >= 0.6 is 0 Å². The van der Waals surface area contributed by atoms with Crippen molar-refractivity contribution in [2.45, 2.75) is 6.10 Å². The van der Waals surface area contributed by atoms with Crippen molar-refractivity contribution in [2.24, 2.45) is 0 Å². The molecule has 0 saturated carbocycles. The molecule has 2 aromatic rings. The van der Waals surface area contributed by atoms with Gasteiger partial charge in [-0.05, 0) is 24.3 Å². The number of para-hydroxylation sites is 2. The first-order chi connectivity index (χ1) is 13.0.